The van der Waals surface area contributed by atoms with Crippen molar-refractivity contribution in [3.05, 3.63) is 59.2 Å². The maximum atomic E-state index is 13.2. The Morgan fingerprint density at radius 3 is 2.76 bits per heavy atom. The van der Waals surface area contributed by atoms with Crippen molar-refractivity contribution in [1.29, 1.82) is 0 Å². The average molecular weight is 288 g/mol. The molecule has 1 atom stereocenters. The van der Waals surface area contributed by atoms with Gasteiger partial charge in [0.1, 0.15) is 0 Å². The van der Waals surface area contributed by atoms with E-state index in [0.29, 0.717) is 5.56 Å². The fraction of sp³-hybridized carbons (Fsp3) is 0.250. The van der Waals surface area contributed by atoms with Gasteiger partial charge in [-0.3, -0.25) is 9.78 Å². The highest BCUT2D eigenvalue weighted by atomic mass is 19.1. The Morgan fingerprint density at radius 2 is 2.14 bits per heavy atom. The summed E-state index contributed by atoms with van der Waals surface area (Å²) in [6.07, 6.45) is 1.78. The number of nitrogens with zero attached hydrogens (tertiary/aromatic N) is 1. The van der Waals surface area contributed by atoms with Crippen LogP contribution in [0.2, 0.25) is 0 Å². The number of amides is 1. The minimum atomic E-state index is -0.726. The molecule has 2 rings (SSSR count). The standard InChI is InChI=1S/C16H17FN2O2/c1-10-3-5-13(9-18-10)11(2)19-16(21)8-12-4-6-15(20)14(17)7-12/h3-7,9,11,20H,8H2,1-2H3,(H,19,21). The van der Waals surface area contributed by atoms with Crippen LogP contribution in [0.5, 0.6) is 5.75 Å². The van der Waals surface area contributed by atoms with Gasteiger partial charge >= 0.3 is 0 Å². The Hall–Kier alpha value is -2.43. The lowest BCUT2D eigenvalue weighted by Crippen LogP contribution is -2.28. The molecule has 4 nitrogen and oxygen atoms in total. The smallest absolute Gasteiger partial charge is 0.224 e. The Kier molecular flexibility index (Phi) is 4.52. The molecule has 0 aliphatic rings. The number of hydrogen-bond acceptors (Lipinski definition) is 3. The molecule has 21 heavy (non-hydrogen) atoms. The average Bonchev–Trinajstić information content (AvgIpc) is 2.43. The highest BCUT2D eigenvalue weighted by Gasteiger charge is 2.11. The zero-order chi connectivity index (χ0) is 15.4. The second kappa shape index (κ2) is 6.35. The van der Waals surface area contributed by atoms with Gasteiger partial charge in [-0.15, -0.1) is 0 Å². The Morgan fingerprint density at radius 1 is 1.38 bits per heavy atom. The molecule has 0 saturated carbocycles. The third kappa shape index (κ3) is 4.02. The van der Waals surface area contributed by atoms with Crippen molar-refractivity contribution in [3.8, 4) is 5.75 Å². The fourth-order valence-electron chi connectivity index (χ4n) is 1.96. The summed E-state index contributed by atoms with van der Waals surface area (Å²) in [6.45, 7) is 3.76. The fourth-order valence-corrected chi connectivity index (χ4v) is 1.96. The summed E-state index contributed by atoms with van der Waals surface area (Å²) >= 11 is 0. The first-order valence-corrected chi connectivity index (χ1v) is 6.65. The Bertz CT molecular complexity index is 641. The summed E-state index contributed by atoms with van der Waals surface area (Å²) in [5.41, 5.74) is 2.33. The van der Waals surface area contributed by atoms with E-state index in [1.54, 1.807) is 6.20 Å². The molecule has 0 spiro atoms. The van der Waals surface area contributed by atoms with Crippen LogP contribution in [0.15, 0.2) is 36.5 Å². The molecular weight excluding hydrogens is 271 g/mol. The van der Waals surface area contributed by atoms with Crippen molar-refractivity contribution in [3.63, 3.8) is 0 Å². The van der Waals surface area contributed by atoms with E-state index in [2.05, 4.69) is 10.3 Å². The molecule has 0 bridgehead atoms. The number of aryl methyl sites for hydroxylation is 1. The Balaban J connectivity index is 1.97. The molecule has 110 valence electrons. The number of halogens is 1. The number of hydrogen-bond donors (Lipinski definition) is 2. The summed E-state index contributed by atoms with van der Waals surface area (Å²) in [5, 5.41) is 11.9. The van der Waals surface area contributed by atoms with Crippen molar-refractivity contribution in [2.24, 2.45) is 0 Å². The van der Waals surface area contributed by atoms with Crippen molar-refractivity contribution >= 4 is 5.91 Å². The summed E-state index contributed by atoms with van der Waals surface area (Å²) in [4.78, 5) is 16.1. The number of rotatable bonds is 4. The van der Waals surface area contributed by atoms with E-state index in [9.17, 15) is 9.18 Å². The number of carbonyl (C=O) groups is 1. The number of aromatic hydroxyl groups is 1. The van der Waals surface area contributed by atoms with Crippen LogP contribution in [0.25, 0.3) is 0 Å². The number of phenols is 1. The molecule has 0 aliphatic heterocycles. The third-order valence-corrected chi connectivity index (χ3v) is 3.19. The minimum absolute atomic E-state index is 0.0564. The molecule has 5 heteroatoms. The SMILES string of the molecule is Cc1ccc(C(C)NC(=O)Cc2ccc(O)c(F)c2)cn1. The van der Waals surface area contributed by atoms with Gasteiger partial charge < -0.3 is 10.4 Å². The number of aromatic nitrogens is 1. The summed E-state index contributed by atoms with van der Waals surface area (Å²) in [5.74, 6) is -1.36. The number of nitrogens with one attached hydrogen (secondary N) is 1. The van der Waals surface area contributed by atoms with Gasteiger partial charge in [0.15, 0.2) is 11.6 Å². The lowest BCUT2D eigenvalue weighted by atomic mass is 10.1. The van der Waals surface area contributed by atoms with E-state index in [-0.39, 0.29) is 18.4 Å². The van der Waals surface area contributed by atoms with Crippen LogP contribution in [-0.4, -0.2) is 16.0 Å². The van der Waals surface area contributed by atoms with Crippen LogP contribution < -0.4 is 5.32 Å². The van der Waals surface area contributed by atoms with Crippen LogP contribution in [0.4, 0.5) is 4.39 Å². The Labute approximate surface area is 122 Å². The van der Waals surface area contributed by atoms with E-state index >= 15 is 0 Å². The minimum Gasteiger partial charge on any atom is -0.505 e. The highest BCUT2D eigenvalue weighted by molar-refractivity contribution is 5.79. The first-order valence-electron chi connectivity index (χ1n) is 6.65. The predicted molar refractivity (Wildman–Crippen MR) is 77.3 cm³/mol. The lowest BCUT2D eigenvalue weighted by molar-refractivity contribution is -0.121. The van der Waals surface area contributed by atoms with Crippen molar-refractivity contribution < 1.29 is 14.3 Å². The van der Waals surface area contributed by atoms with Crippen molar-refractivity contribution in [1.82, 2.24) is 10.3 Å². The molecule has 2 aromatic rings. The van der Waals surface area contributed by atoms with Gasteiger partial charge in [0.25, 0.3) is 0 Å². The molecule has 1 heterocycles. The van der Waals surface area contributed by atoms with Gasteiger partial charge in [-0.05, 0) is 43.2 Å². The first-order chi connectivity index (χ1) is 9.95. The number of benzene rings is 1. The summed E-state index contributed by atoms with van der Waals surface area (Å²) in [7, 11) is 0. The largest absolute Gasteiger partial charge is 0.505 e. The van der Waals surface area contributed by atoms with Gasteiger partial charge in [-0.1, -0.05) is 12.1 Å². The zero-order valence-electron chi connectivity index (χ0n) is 11.9. The molecular formula is C16H17FN2O2. The molecule has 1 unspecified atom stereocenters. The van der Waals surface area contributed by atoms with Crippen LogP contribution in [-0.2, 0) is 11.2 Å². The van der Waals surface area contributed by atoms with Gasteiger partial charge in [-0.2, -0.15) is 0 Å². The van der Waals surface area contributed by atoms with Crippen LogP contribution in [0.1, 0.15) is 29.8 Å². The monoisotopic (exact) mass is 288 g/mol. The van der Waals surface area contributed by atoms with E-state index < -0.39 is 11.6 Å². The van der Waals surface area contributed by atoms with Gasteiger partial charge in [-0.25, -0.2) is 4.39 Å². The lowest BCUT2D eigenvalue weighted by Gasteiger charge is -2.14. The van der Waals surface area contributed by atoms with E-state index in [1.165, 1.54) is 12.1 Å². The molecule has 0 aliphatic carbocycles. The summed E-state index contributed by atoms with van der Waals surface area (Å²) in [6, 6.07) is 7.54. The predicted octanol–water partition coefficient (Wildman–Crippen LogP) is 2.65. The second-order valence-electron chi connectivity index (χ2n) is 4.98. The quantitative estimate of drug-likeness (QED) is 0.909. The van der Waals surface area contributed by atoms with Crippen molar-refractivity contribution in [2.45, 2.75) is 26.3 Å². The van der Waals surface area contributed by atoms with Crippen LogP contribution >= 0.6 is 0 Å². The number of phenolic OH excluding ortho intramolecular Hbond substituents is 1. The molecule has 0 radical (unpaired) electrons. The van der Waals surface area contributed by atoms with E-state index in [0.717, 1.165) is 17.3 Å². The molecule has 1 aromatic heterocycles. The van der Waals surface area contributed by atoms with Gasteiger partial charge in [0.05, 0.1) is 12.5 Å². The van der Waals surface area contributed by atoms with Gasteiger partial charge in [0.2, 0.25) is 5.91 Å². The van der Waals surface area contributed by atoms with E-state index in [4.69, 9.17) is 5.11 Å². The normalized spacial score (nSPS) is 12.0. The number of pyridine rings is 1. The summed E-state index contributed by atoms with van der Waals surface area (Å²) < 4.78 is 13.2. The van der Waals surface area contributed by atoms with E-state index in [1.807, 2.05) is 26.0 Å². The second-order valence-corrected chi connectivity index (χ2v) is 4.98. The first kappa shape index (κ1) is 15.0. The molecule has 1 amide bonds. The molecule has 0 saturated heterocycles. The highest BCUT2D eigenvalue weighted by Crippen LogP contribution is 2.17. The van der Waals surface area contributed by atoms with Crippen LogP contribution in [0, 0.1) is 12.7 Å². The van der Waals surface area contributed by atoms with Gasteiger partial charge in [0, 0.05) is 11.9 Å². The topological polar surface area (TPSA) is 62.2 Å². The van der Waals surface area contributed by atoms with Crippen LogP contribution in [0.3, 0.4) is 0 Å². The molecule has 1 aromatic carbocycles. The zero-order valence-corrected chi connectivity index (χ0v) is 11.9. The number of carbonyl (C=O) groups excluding carboxylic acids is 1. The molecule has 0 fully saturated rings. The maximum absolute atomic E-state index is 13.2. The third-order valence-electron chi connectivity index (χ3n) is 3.19. The van der Waals surface area contributed by atoms with Crippen molar-refractivity contribution in [2.75, 3.05) is 0 Å². The molecule has 2 N–H and O–H groups in total. The maximum Gasteiger partial charge on any atom is 0.224 e.